The summed E-state index contributed by atoms with van der Waals surface area (Å²) in [5.74, 6) is 1.01. The second kappa shape index (κ2) is 11.4. The lowest BCUT2D eigenvalue weighted by molar-refractivity contribution is -0.146. The first-order chi connectivity index (χ1) is 20.1. The number of amides is 1. The van der Waals surface area contributed by atoms with Gasteiger partial charge in [0.1, 0.15) is 29.6 Å². The highest BCUT2D eigenvalue weighted by Gasteiger charge is 2.54. The number of hydrogen-bond donors (Lipinski definition) is 0. The van der Waals surface area contributed by atoms with Gasteiger partial charge in [0.25, 0.3) is 5.91 Å². The number of anilines is 1. The predicted molar refractivity (Wildman–Crippen MR) is 159 cm³/mol. The van der Waals surface area contributed by atoms with Crippen LogP contribution in [-0.4, -0.2) is 36.8 Å². The molecule has 0 saturated carbocycles. The van der Waals surface area contributed by atoms with Crippen LogP contribution in [0.1, 0.15) is 59.3 Å². The number of rotatable bonds is 8. The van der Waals surface area contributed by atoms with Crippen LogP contribution in [-0.2, 0) is 34.4 Å². The van der Waals surface area contributed by atoms with E-state index < -0.39 is 11.5 Å². The van der Waals surface area contributed by atoms with E-state index >= 15 is 0 Å². The number of nitrogens with zero attached hydrogens (tertiary/aromatic N) is 2. The van der Waals surface area contributed by atoms with Crippen molar-refractivity contribution in [3.05, 3.63) is 107 Å². The van der Waals surface area contributed by atoms with Gasteiger partial charge in [-0.05, 0) is 47.7 Å². The van der Waals surface area contributed by atoms with Gasteiger partial charge in [0.2, 0.25) is 0 Å². The van der Waals surface area contributed by atoms with Crippen molar-refractivity contribution in [3.8, 4) is 11.5 Å². The van der Waals surface area contributed by atoms with E-state index in [0.717, 1.165) is 16.7 Å². The van der Waals surface area contributed by atoms with Gasteiger partial charge in [0.15, 0.2) is 5.54 Å². The molecule has 1 unspecified atom stereocenters. The number of ether oxygens (including phenoxy) is 3. The fourth-order valence-electron chi connectivity index (χ4n) is 5.69. The molecule has 0 bridgehead atoms. The van der Waals surface area contributed by atoms with Crippen molar-refractivity contribution in [3.63, 3.8) is 0 Å². The Morgan fingerprint density at radius 1 is 0.976 bits per heavy atom. The summed E-state index contributed by atoms with van der Waals surface area (Å²) in [6.45, 7) is 8.27. The minimum atomic E-state index is -1.35. The minimum Gasteiger partial charge on any atom is -0.496 e. The molecule has 0 aliphatic carbocycles. The summed E-state index contributed by atoms with van der Waals surface area (Å²) >= 11 is 0. The summed E-state index contributed by atoms with van der Waals surface area (Å²) in [6, 6.07) is 22.4. The van der Waals surface area contributed by atoms with Crippen molar-refractivity contribution in [2.75, 3.05) is 19.1 Å². The van der Waals surface area contributed by atoms with Gasteiger partial charge in [0, 0.05) is 30.0 Å². The third-order valence-electron chi connectivity index (χ3n) is 7.66. The smallest absolute Gasteiger partial charge is 0.332 e. The van der Waals surface area contributed by atoms with Crippen LogP contribution in [0.3, 0.4) is 0 Å². The van der Waals surface area contributed by atoms with E-state index in [9.17, 15) is 9.59 Å². The molecule has 0 spiro atoms. The van der Waals surface area contributed by atoms with Crippen LogP contribution in [0.25, 0.3) is 0 Å². The fourth-order valence-corrected chi connectivity index (χ4v) is 5.69. The molecule has 1 aromatic heterocycles. The highest BCUT2D eigenvalue weighted by Crippen LogP contribution is 2.47. The van der Waals surface area contributed by atoms with Crippen molar-refractivity contribution in [1.82, 2.24) is 5.16 Å². The van der Waals surface area contributed by atoms with Crippen molar-refractivity contribution >= 4 is 17.6 Å². The van der Waals surface area contributed by atoms with Crippen LogP contribution < -0.4 is 14.4 Å². The molecule has 1 atom stereocenters. The Bertz CT molecular complexity index is 1600. The lowest BCUT2D eigenvalue weighted by Crippen LogP contribution is -2.58. The highest BCUT2D eigenvalue weighted by atomic mass is 16.5. The normalized spacial score (nSPS) is 16.2. The third kappa shape index (κ3) is 5.36. The second-order valence-corrected chi connectivity index (χ2v) is 11.6. The van der Waals surface area contributed by atoms with Crippen LogP contribution in [0.15, 0.2) is 77.3 Å². The molecule has 5 rings (SSSR count). The molecular formula is C34H36N2O6. The first-order valence-corrected chi connectivity index (χ1v) is 13.9. The number of aryl methyl sites for hydroxylation is 1. The Kier molecular flexibility index (Phi) is 7.82. The maximum atomic E-state index is 14.6. The second-order valence-electron chi connectivity index (χ2n) is 11.6. The maximum absolute atomic E-state index is 14.6. The van der Waals surface area contributed by atoms with Crippen molar-refractivity contribution in [2.45, 2.75) is 58.1 Å². The van der Waals surface area contributed by atoms with Crippen LogP contribution in [0, 0.1) is 6.92 Å². The molecule has 4 aromatic rings. The Balaban J connectivity index is 1.64. The summed E-state index contributed by atoms with van der Waals surface area (Å²) in [6.07, 6.45) is 0.459. The number of aromatic nitrogens is 1. The number of fused-ring (bicyclic) bond motifs is 1. The summed E-state index contributed by atoms with van der Waals surface area (Å²) < 4.78 is 22.5. The average Bonchev–Trinajstić information content (AvgIpc) is 3.55. The molecule has 1 aliphatic heterocycles. The van der Waals surface area contributed by atoms with Crippen LogP contribution >= 0.6 is 0 Å². The van der Waals surface area contributed by atoms with Gasteiger partial charge in [-0.3, -0.25) is 9.69 Å². The van der Waals surface area contributed by atoms with Crippen LogP contribution in [0.5, 0.6) is 11.5 Å². The Morgan fingerprint density at radius 2 is 1.74 bits per heavy atom. The summed E-state index contributed by atoms with van der Waals surface area (Å²) in [7, 11) is 2.95. The lowest BCUT2D eigenvalue weighted by atomic mass is 9.85. The fraction of sp³-hybridized carbons (Fsp3) is 0.324. The summed E-state index contributed by atoms with van der Waals surface area (Å²) in [5.41, 5.74) is 2.71. The van der Waals surface area contributed by atoms with Crippen molar-refractivity contribution in [1.29, 1.82) is 0 Å². The average molecular weight is 569 g/mol. The molecule has 3 aromatic carbocycles. The van der Waals surface area contributed by atoms with Gasteiger partial charge >= 0.3 is 5.97 Å². The molecule has 8 heteroatoms. The predicted octanol–water partition coefficient (Wildman–Crippen LogP) is 6.23. The van der Waals surface area contributed by atoms with Gasteiger partial charge in [-0.1, -0.05) is 68.4 Å². The third-order valence-corrected chi connectivity index (χ3v) is 7.66. The number of benzene rings is 3. The standard InChI is InChI=1S/C34H36N2O6/c1-22-17-25(35-42-22)21-41-29-14-10-13-28-26(29)20-34(32(38)40-6,19-23-11-8-7-9-12-23)36(28)31(37)24-15-16-27(33(2,3)4)30(18-24)39-5/h7-18H,19-21H2,1-6H3. The molecule has 2 heterocycles. The number of carbonyl (C=O) groups excluding carboxylic acids is 2. The number of esters is 1. The van der Waals surface area contributed by atoms with E-state index in [1.165, 1.54) is 7.11 Å². The summed E-state index contributed by atoms with van der Waals surface area (Å²) in [4.78, 5) is 30.0. The molecule has 0 saturated heterocycles. The van der Waals surface area contributed by atoms with Crippen molar-refractivity contribution in [2.24, 2.45) is 0 Å². The Labute approximate surface area is 246 Å². The van der Waals surface area contributed by atoms with E-state index in [2.05, 4.69) is 25.9 Å². The first kappa shape index (κ1) is 28.9. The molecule has 0 N–H and O–H groups in total. The molecule has 1 aliphatic rings. The molecule has 1 amide bonds. The van der Waals surface area contributed by atoms with Gasteiger partial charge in [-0.2, -0.15) is 0 Å². The number of carbonyl (C=O) groups is 2. The number of hydrogen-bond acceptors (Lipinski definition) is 7. The molecule has 218 valence electrons. The molecule has 8 nitrogen and oxygen atoms in total. The van der Waals surface area contributed by atoms with Gasteiger partial charge in [0.05, 0.1) is 19.9 Å². The largest absolute Gasteiger partial charge is 0.496 e. The van der Waals surface area contributed by atoms with Crippen LogP contribution in [0.4, 0.5) is 5.69 Å². The summed E-state index contributed by atoms with van der Waals surface area (Å²) in [5, 5.41) is 4.02. The zero-order valence-corrected chi connectivity index (χ0v) is 24.9. The monoisotopic (exact) mass is 568 g/mol. The Morgan fingerprint density at radius 3 is 2.38 bits per heavy atom. The van der Waals surface area contributed by atoms with Gasteiger partial charge < -0.3 is 18.7 Å². The topological polar surface area (TPSA) is 91.1 Å². The van der Waals surface area contributed by atoms with E-state index in [4.69, 9.17) is 18.7 Å². The SMILES string of the molecule is COC(=O)C1(Cc2ccccc2)Cc2c(OCc3cc(C)on3)cccc2N1C(=O)c1ccc(C(C)(C)C)c(OC)c1. The zero-order valence-electron chi connectivity index (χ0n) is 24.9. The first-order valence-electron chi connectivity index (χ1n) is 13.9. The Hall–Kier alpha value is -4.59. The lowest BCUT2D eigenvalue weighted by Gasteiger charge is -2.36. The quantitative estimate of drug-likeness (QED) is 0.233. The van der Waals surface area contributed by atoms with Crippen LogP contribution in [0.2, 0.25) is 0 Å². The van der Waals surface area contributed by atoms with Gasteiger partial charge in [-0.15, -0.1) is 0 Å². The van der Waals surface area contributed by atoms with E-state index in [1.54, 1.807) is 24.1 Å². The van der Waals surface area contributed by atoms with Gasteiger partial charge in [-0.25, -0.2) is 4.79 Å². The maximum Gasteiger partial charge on any atom is 0.332 e. The highest BCUT2D eigenvalue weighted by molar-refractivity contribution is 6.13. The number of methoxy groups -OCH3 is 2. The minimum absolute atomic E-state index is 0.178. The molecular weight excluding hydrogens is 532 g/mol. The zero-order chi connectivity index (χ0) is 30.1. The van der Waals surface area contributed by atoms with E-state index in [-0.39, 0.29) is 30.8 Å². The molecule has 42 heavy (non-hydrogen) atoms. The van der Waals surface area contributed by atoms with E-state index in [0.29, 0.717) is 34.2 Å². The molecule has 0 fully saturated rings. The van der Waals surface area contributed by atoms with E-state index in [1.807, 2.05) is 67.6 Å². The van der Waals surface area contributed by atoms with Crippen molar-refractivity contribution < 1.29 is 28.3 Å². The molecule has 0 radical (unpaired) electrons.